The molecule has 1 aromatic heterocycles. The number of anilines is 1. The van der Waals surface area contributed by atoms with Gasteiger partial charge in [0.1, 0.15) is 5.75 Å². The van der Waals surface area contributed by atoms with E-state index in [4.69, 9.17) is 4.74 Å². The molecule has 0 aliphatic rings. The number of aromatic nitrogens is 1. The van der Waals surface area contributed by atoms with E-state index in [2.05, 4.69) is 36.1 Å². The number of rotatable bonds is 6. The van der Waals surface area contributed by atoms with Gasteiger partial charge in [-0.15, -0.1) is 0 Å². The number of pyridine rings is 1. The van der Waals surface area contributed by atoms with E-state index >= 15 is 0 Å². The van der Waals surface area contributed by atoms with Gasteiger partial charge in [0.25, 0.3) is 0 Å². The number of nitrogens with zero attached hydrogens (tertiary/aromatic N) is 2. The van der Waals surface area contributed by atoms with Crippen LogP contribution in [0.3, 0.4) is 0 Å². The molecule has 0 bridgehead atoms. The molecule has 5 heteroatoms. The molecular formula is C23H27N3O2. The summed E-state index contributed by atoms with van der Waals surface area (Å²) >= 11 is 0. The van der Waals surface area contributed by atoms with Crippen molar-refractivity contribution >= 4 is 22.5 Å². The van der Waals surface area contributed by atoms with Crippen LogP contribution in [0.4, 0.5) is 5.69 Å². The van der Waals surface area contributed by atoms with Gasteiger partial charge < -0.3 is 15.0 Å². The zero-order valence-corrected chi connectivity index (χ0v) is 17.1. The molecule has 1 heterocycles. The smallest absolute Gasteiger partial charge is 0.219 e. The second-order valence-electron chi connectivity index (χ2n) is 7.32. The van der Waals surface area contributed by atoms with Crippen LogP contribution in [0.15, 0.2) is 54.6 Å². The second kappa shape index (κ2) is 8.30. The highest BCUT2D eigenvalue weighted by Crippen LogP contribution is 2.26. The number of carbonyl (C=O) groups is 1. The van der Waals surface area contributed by atoms with E-state index in [0.717, 1.165) is 27.9 Å². The van der Waals surface area contributed by atoms with Crippen LogP contribution < -0.4 is 15.0 Å². The Kier molecular flexibility index (Phi) is 5.83. The van der Waals surface area contributed by atoms with Gasteiger partial charge in [0.2, 0.25) is 11.8 Å². The molecule has 0 aliphatic carbocycles. The predicted octanol–water partition coefficient (Wildman–Crippen LogP) is 5.07. The van der Waals surface area contributed by atoms with Gasteiger partial charge in [-0.1, -0.05) is 6.07 Å². The number of carbonyl (C=O) groups excluding carboxylic acids is 1. The normalized spacial score (nSPS) is 12.1. The van der Waals surface area contributed by atoms with Crippen molar-refractivity contribution in [2.45, 2.75) is 39.8 Å². The summed E-state index contributed by atoms with van der Waals surface area (Å²) < 4.78 is 5.93. The molecule has 0 saturated carbocycles. The van der Waals surface area contributed by atoms with Gasteiger partial charge in [-0.2, -0.15) is 0 Å². The molecule has 3 rings (SSSR count). The Labute approximate surface area is 166 Å². The first kappa shape index (κ1) is 19.7. The van der Waals surface area contributed by atoms with E-state index < -0.39 is 0 Å². The zero-order chi connectivity index (χ0) is 20.3. The molecule has 5 nitrogen and oxygen atoms in total. The summed E-state index contributed by atoms with van der Waals surface area (Å²) in [6.45, 7) is 7.81. The van der Waals surface area contributed by atoms with Gasteiger partial charge in [0.05, 0.1) is 11.6 Å². The maximum Gasteiger partial charge on any atom is 0.219 e. The molecule has 1 atom stereocenters. The van der Waals surface area contributed by atoms with Crippen molar-refractivity contribution in [3.8, 4) is 11.6 Å². The average Bonchev–Trinajstić information content (AvgIpc) is 2.67. The van der Waals surface area contributed by atoms with Gasteiger partial charge in [-0.05, 0) is 68.8 Å². The lowest BCUT2D eigenvalue weighted by atomic mass is 10.1. The van der Waals surface area contributed by atoms with Crippen LogP contribution in [0.1, 0.15) is 39.3 Å². The number of hydrogen-bond acceptors (Lipinski definition) is 4. The monoisotopic (exact) mass is 377 g/mol. The highest BCUT2D eigenvalue weighted by atomic mass is 16.5. The average molecular weight is 377 g/mol. The summed E-state index contributed by atoms with van der Waals surface area (Å²) in [6, 6.07) is 18.2. The van der Waals surface area contributed by atoms with Crippen LogP contribution in [0.2, 0.25) is 0 Å². The second-order valence-corrected chi connectivity index (χ2v) is 7.32. The van der Waals surface area contributed by atoms with Gasteiger partial charge >= 0.3 is 0 Å². The number of benzene rings is 2. The number of nitrogens with one attached hydrogen (secondary N) is 1. The van der Waals surface area contributed by atoms with E-state index in [9.17, 15) is 4.79 Å². The third-order valence-corrected chi connectivity index (χ3v) is 4.85. The molecule has 3 aromatic rings. The number of hydrogen-bond donors (Lipinski definition) is 1. The molecule has 0 fully saturated rings. The fourth-order valence-corrected chi connectivity index (χ4v) is 3.01. The van der Waals surface area contributed by atoms with Crippen molar-refractivity contribution in [2.24, 2.45) is 0 Å². The maximum absolute atomic E-state index is 11.3. The first-order valence-corrected chi connectivity index (χ1v) is 9.52. The third-order valence-electron chi connectivity index (χ3n) is 4.85. The Morgan fingerprint density at radius 2 is 1.75 bits per heavy atom. The summed E-state index contributed by atoms with van der Waals surface area (Å²) in [7, 11) is 2.08. The first-order valence-electron chi connectivity index (χ1n) is 9.52. The molecule has 1 unspecified atom stereocenters. The topological polar surface area (TPSA) is 54.5 Å². The Balaban J connectivity index is 1.76. The van der Waals surface area contributed by atoms with E-state index in [1.165, 1.54) is 6.92 Å². The molecule has 1 amide bonds. The standard InChI is InChI=1S/C23H27N3O2/c1-15(2)26(5)20-8-10-21(11-9-20)28-23-13-7-19-14-18(6-12-22(19)25-23)16(3)24-17(4)27/h6-16H,1-5H3,(H,24,27). The van der Waals surface area contributed by atoms with Gasteiger partial charge in [-0.25, -0.2) is 4.98 Å². The minimum absolute atomic E-state index is 0.0414. The van der Waals surface area contributed by atoms with E-state index in [0.29, 0.717) is 11.9 Å². The number of fused-ring (bicyclic) bond motifs is 1. The first-order chi connectivity index (χ1) is 13.3. The van der Waals surface area contributed by atoms with Crippen molar-refractivity contribution < 1.29 is 9.53 Å². The fourth-order valence-electron chi connectivity index (χ4n) is 3.01. The van der Waals surface area contributed by atoms with E-state index in [-0.39, 0.29) is 11.9 Å². The molecule has 0 aliphatic heterocycles. The van der Waals surface area contributed by atoms with Crippen molar-refractivity contribution in [1.29, 1.82) is 0 Å². The van der Waals surface area contributed by atoms with Crippen molar-refractivity contribution in [3.63, 3.8) is 0 Å². The quantitative estimate of drug-likeness (QED) is 0.652. The summed E-state index contributed by atoms with van der Waals surface area (Å²) in [6.07, 6.45) is 0. The van der Waals surface area contributed by atoms with Gasteiger partial charge in [0, 0.05) is 37.2 Å². The third kappa shape index (κ3) is 4.60. The van der Waals surface area contributed by atoms with Crippen LogP contribution >= 0.6 is 0 Å². The Hall–Kier alpha value is -3.08. The Morgan fingerprint density at radius 3 is 2.39 bits per heavy atom. The summed E-state index contributed by atoms with van der Waals surface area (Å²) in [5.74, 6) is 1.27. The Morgan fingerprint density at radius 1 is 1.04 bits per heavy atom. The van der Waals surface area contributed by atoms with Crippen LogP contribution in [0.5, 0.6) is 11.6 Å². The molecular weight excluding hydrogens is 350 g/mol. The Bertz CT molecular complexity index is 967. The molecule has 1 N–H and O–H groups in total. The van der Waals surface area contributed by atoms with E-state index in [1.807, 2.05) is 61.5 Å². The maximum atomic E-state index is 11.3. The largest absolute Gasteiger partial charge is 0.439 e. The lowest BCUT2D eigenvalue weighted by molar-refractivity contribution is -0.119. The highest BCUT2D eigenvalue weighted by molar-refractivity contribution is 5.80. The van der Waals surface area contributed by atoms with Crippen LogP contribution in [-0.4, -0.2) is 24.0 Å². The predicted molar refractivity (Wildman–Crippen MR) is 114 cm³/mol. The zero-order valence-electron chi connectivity index (χ0n) is 17.1. The van der Waals surface area contributed by atoms with Crippen LogP contribution in [0.25, 0.3) is 10.9 Å². The molecule has 2 aromatic carbocycles. The van der Waals surface area contributed by atoms with Gasteiger partial charge in [-0.3, -0.25) is 4.79 Å². The minimum atomic E-state index is -0.0416. The molecule has 146 valence electrons. The van der Waals surface area contributed by atoms with E-state index in [1.54, 1.807) is 0 Å². The van der Waals surface area contributed by atoms with Crippen molar-refractivity contribution in [2.75, 3.05) is 11.9 Å². The number of ether oxygens (including phenoxy) is 1. The summed E-state index contributed by atoms with van der Waals surface area (Å²) in [5.41, 5.74) is 3.05. The molecule has 0 saturated heterocycles. The molecule has 0 radical (unpaired) electrons. The number of amides is 1. The fraction of sp³-hybridized carbons (Fsp3) is 0.304. The van der Waals surface area contributed by atoms with Crippen molar-refractivity contribution in [3.05, 3.63) is 60.2 Å². The van der Waals surface area contributed by atoms with Crippen LogP contribution in [0, 0.1) is 0 Å². The highest BCUT2D eigenvalue weighted by Gasteiger charge is 2.09. The molecule has 28 heavy (non-hydrogen) atoms. The lowest BCUT2D eigenvalue weighted by Gasteiger charge is -2.23. The SMILES string of the molecule is CC(=O)NC(C)c1ccc2nc(Oc3ccc(N(C)C(C)C)cc3)ccc2c1. The van der Waals surface area contributed by atoms with Gasteiger partial charge in [0.15, 0.2) is 0 Å². The lowest BCUT2D eigenvalue weighted by Crippen LogP contribution is -2.25. The van der Waals surface area contributed by atoms with Crippen LogP contribution in [-0.2, 0) is 4.79 Å². The summed E-state index contributed by atoms with van der Waals surface area (Å²) in [4.78, 5) is 18.1. The molecule has 0 spiro atoms. The van der Waals surface area contributed by atoms with Crippen molar-refractivity contribution in [1.82, 2.24) is 10.3 Å². The minimum Gasteiger partial charge on any atom is -0.439 e. The summed E-state index contributed by atoms with van der Waals surface area (Å²) in [5, 5.41) is 3.91.